The molecule has 78 valence electrons. The molecule has 15 heavy (non-hydrogen) atoms. The van der Waals surface area contributed by atoms with E-state index in [9.17, 15) is 0 Å². The van der Waals surface area contributed by atoms with Crippen LogP contribution in [0.3, 0.4) is 0 Å². The van der Waals surface area contributed by atoms with Gasteiger partial charge in [-0.2, -0.15) is 0 Å². The van der Waals surface area contributed by atoms with E-state index in [0.29, 0.717) is 5.75 Å². The minimum absolute atomic E-state index is 0.384. The van der Waals surface area contributed by atoms with Crippen LogP contribution in [0.15, 0.2) is 48.8 Å². The lowest BCUT2D eigenvalue weighted by Gasteiger charge is -1.99. The standard InChI is InChI=1S/C8H10O.C5H5N/c1-6-4-3-5-8(9)7(6)2;1-2-4-6-5-3-1/h3-5,9H,1-2H3;1-5H. The Morgan fingerprint density at radius 2 is 1.60 bits per heavy atom. The van der Waals surface area contributed by atoms with E-state index in [0.717, 1.165) is 11.1 Å². The van der Waals surface area contributed by atoms with Crippen LogP contribution in [0, 0.1) is 13.8 Å². The van der Waals surface area contributed by atoms with Crippen LogP contribution in [-0.4, -0.2) is 10.1 Å². The molecule has 0 fully saturated rings. The van der Waals surface area contributed by atoms with Crippen molar-refractivity contribution in [3.63, 3.8) is 0 Å². The Morgan fingerprint density at radius 3 is 1.93 bits per heavy atom. The summed E-state index contributed by atoms with van der Waals surface area (Å²) in [4.78, 5) is 3.78. The molecule has 2 nitrogen and oxygen atoms in total. The second-order valence-corrected chi connectivity index (χ2v) is 3.24. The molecule has 0 unspecified atom stereocenters. The number of nitrogens with zero attached hydrogens (tertiary/aromatic N) is 1. The molecule has 0 aliphatic rings. The van der Waals surface area contributed by atoms with E-state index in [1.54, 1.807) is 18.5 Å². The summed E-state index contributed by atoms with van der Waals surface area (Å²) in [6, 6.07) is 11.2. The minimum atomic E-state index is 0.384. The van der Waals surface area contributed by atoms with Crippen LogP contribution >= 0.6 is 0 Å². The van der Waals surface area contributed by atoms with Gasteiger partial charge in [-0.25, -0.2) is 0 Å². The minimum Gasteiger partial charge on any atom is -0.508 e. The quantitative estimate of drug-likeness (QED) is 0.710. The van der Waals surface area contributed by atoms with E-state index in [1.807, 2.05) is 44.2 Å². The molecular weight excluding hydrogens is 186 g/mol. The van der Waals surface area contributed by atoms with Crippen LogP contribution < -0.4 is 0 Å². The molecule has 1 aromatic heterocycles. The number of phenolic OH excluding ortho intramolecular Hbond substituents is 1. The molecule has 0 amide bonds. The van der Waals surface area contributed by atoms with Crippen molar-refractivity contribution in [1.82, 2.24) is 4.98 Å². The number of benzene rings is 1. The first kappa shape index (κ1) is 11.2. The van der Waals surface area contributed by atoms with Crippen LogP contribution in [-0.2, 0) is 0 Å². The van der Waals surface area contributed by atoms with Crippen molar-refractivity contribution in [3.05, 3.63) is 59.9 Å². The van der Waals surface area contributed by atoms with Crippen molar-refractivity contribution in [2.45, 2.75) is 13.8 Å². The topological polar surface area (TPSA) is 33.1 Å². The molecule has 0 bridgehead atoms. The van der Waals surface area contributed by atoms with Gasteiger partial charge in [-0.05, 0) is 43.2 Å². The zero-order valence-corrected chi connectivity index (χ0v) is 9.01. The van der Waals surface area contributed by atoms with Gasteiger partial charge in [0, 0.05) is 12.4 Å². The lowest BCUT2D eigenvalue weighted by atomic mass is 10.1. The van der Waals surface area contributed by atoms with Crippen LogP contribution in [0.5, 0.6) is 5.75 Å². The summed E-state index contributed by atoms with van der Waals surface area (Å²) in [5.74, 6) is 0.384. The Labute approximate surface area is 90.2 Å². The highest BCUT2D eigenvalue weighted by Gasteiger charge is 1.94. The van der Waals surface area contributed by atoms with E-state index >= 15 is 0 Å². The normalized spacial score (nSPS) is 8.93. The average molecular weight is 201 g/mol. The van der Waals surface area contributed by atoms with E-state index in [2.05, 4.69) is 4.98 Å². The largest absolute Gasteiger partial charge is 0.508 e. The van der Waals surface area contributed by atoms with Crippen molar-refractivity contribution in [2.75, 3.05) is 0 Å². The van der Waals surface area contributed by atoms with Gasteiger partial charge in [0.1, 0.15) is 5.75 Å². The van der Waals surface area contributed by atoms with Gasteiger partial charge in [0.15, 0.2) is 0 Å². The highest BCUT2D eigenvalue weighted by molar-refractivity contribution is 5.36. The highest BCUT2D eigenvalue weighted by atomic mass is 16.3. The molecule has 0 saturated heterocycles. The van der Waals surface area contributed by atoms with Gasteiger partial charge >= 0.3 is 0 Å². The molecule has 2 rings (SSSR count). The highest BCUT2D eigenvalue weighted by Crippen LogP contribution is 2.17. The lowest BCUT2D eigenvalue weighted by molar-refractivity contribution is 0.470. The molecule has 0 aliphatic heterocycles. The van der Waals surface area contributed by atoms with E-state index < -0.39 is 0 Å². The maximum absolute atomic E-state index is 9.10. The molecule has 0 saturated carbocycles. The van der Waals surface area contributed by atoms with Crippen LogP contribution in [0.25, 0.3) is 0 Å². The molecule has 1 aromatic carbocycles. The molecule has 0 spiro atoms. The number of hydrogen-bond acceptors (Lipinski definition) is 2. The smallest absolute Gasteiger partial charge is 0.118 e. The van der Waals surface area contributed by atoms with Crippen molar-refractivity contribution < 1.29 is 5.11 Å². The fraction of sp³-hybridized carbons (Fsp3) is 0.154. The van der Waals surface area contributed by atoms with Crippen LogP contribution in [0.4, 0.5) is 0 Å². The zero-order valence-electron chi connectivity index (χ0n) is 9.01. The van der Waals surface area contributed by atoms with Crippen molar-refractivity contribution in [3.8, 4) is 5.75 Å². The van der Waals surface area contributed by atoms with E-state index in [1.165, 1.54) is 0 Å². The molecule has 0 atom stereocenters. The number of pyridine rings is 1. The number of phenols is 1. The summed E-state index contributed by atoms with van der Waals surface area (Å²) in [6.45, 7) is 3.89. The predicted molar refractivity (Wildman–Crippen MR) is 61.8 cm³/mol. The molecule has 1 N–H and O–H groups in total. The van der Waals surface area contributed by atoms with Crippen molar-refractivity contribution >= 4 is 0 Å². The van der Waals surface area contributed by atoms with Gasteiger partial charge < -0.3 is 5.11 Å². The van der Waals surface area contributed by atoms with Crippen LogP contribution in [0.1, 0.15) is 11.1 Å². The average Bonchev–Trinajstić information content (AvgIpc) is 2.29. The lowest BCUT2D eigenvalue weighted by Crippen LogP contribution is -1.78. The number of rotatable bonds is 0. The van der Waals surface area contributed by atoms with Crippen molar-refractivity contribution in [1.29, 1.82) is 0 Å². The molecule has 0 aliphatic carbocycles. The molecule has 1 heterocycles. The maximum atomic E-state index is 9.10. The molecule has 0 radical (unpaired) electrons. The van der Waals surface area contributed by atoms with Crippen molar-refractivity contribution in [2.24, 2.45) is 0 Å². The monoisotopic (exact) mass is 201 g/mol. The van der Waals surface area contributed by atoms with Gasteiger partial charge in [0.25, 0.3) is 0 Å². The predicted octanol–water partition coefficient (Wildman–Crippen LogP) is 3.09. The number of aromatic nitrogens is 1. The Morgan fingerprint density at radius 1 is 0.933 bits per heavy atom. The summed E-state index contributed by atoms with van der Waals surface area (Å²) in [5.41, 5.74) is 2.10. The number of aryl methyl sites for hydroxylation is 1. The third-order valence-electron chi connectivity index (χ3n) is 2.14. The van der Waals surface area contributed by atoms with Gasteiger partial charge in [0.05, 0.1) is 0 Å². The van der Waals surface area contributed by atoms with Crippen LogP contribution in [0.2, 0.25) is 0 Å². The zero-order chi connectivity index (χ0) is 11.1. The Hall–Kier alpha value is -1.83. The molecular formula is C13H15NO. The summed E-state index contributed by atoms with van der Waals surface area (Å²) in [7, 11) is 0. The number of hydrogen-bond donors (Lipinski definition) is 1. The Bertz CT molecular complexity index is 352. The second-order valence-electron chi connectivity index (χ2n) is 3.24. The fourth-order valence-electron chi connectivity index (χ4n) is 1.05. The molecule has 2 heteroatoms. The SMILES string of the molecule is Cc1cccc(O)c1C.c1ccncc1. The summed E-state index contributed by atoms with van der Waals surface area (Å²) in [6.07, 6.45) is 3.50. The molecule has 2 aromatic rings. The van der Waals surface area contributed by atoms with Gasteiger partial charge in [-0.15, -0.1) is 0 Å². The summed E-state index contributed by atoms with van der Waals surface area (Å²) in [5, 5.41) is 9.10. The first-order valence-electron chi connectivity index (χ1n) is 4.82. The van der Waals surface area contributed by atoms with E-state index in [4.69, 9.17) is 5.11 Å². The first-order chi connectivity index (χ1) is 7.22. The van der Waals surface area contributed by atoms with Gasteiger partial charge in [-0.1, -0.05) is 18.2 Å². The summed E-state index contributed by atoms with van der Waals surface area (Å²) >= 11 is 0. The number of aromatic hydroxyl groups is 1. The fourth-order valence-corrected chi connectivity index (χ4v) is 1.05. The maximum Gasteiger partial charge on any atom is 0.118 e. The van der Waals surface area contributed by atoms with E-state index in [-0.39, 0.29) is 0 Å². The Balaban J connectivity index is 0.000000162. The third kappa shape index (κ3) is 3.81. The van der Waals surface area contributed by atoms with Gasteiger partial charge in [-0.3, -0.25) is 4.98 Å². The first-order valence-corrected chi connectivity index (χ1v) is 4.82. The summed E-state index contributed by atoms with van der Waals surface area (Å²) < 4.78 is 0. The Kier molecular flexibility index (Phi) is 4.35. The third-order valence-corrected chi connectivity index (χ3v) is 2.14. The second kappa shape index (κ2) is 5.81. The van der Waals surface area contributed by atoms with Gasteiger partial charge in [0.2, 0.25) is 0 Å².